The number of anilines is 1. The van der Waals surface area contributed by atoms with Gasteiger partial charge in [-0.15, -0.1) is 0 Å². The van der Waals surface area contributed by atoms with Crippen LogP contribution in [0, 0.1) is 0 Å². The Hall–Kier alpha value is -2.34. The lowest BCUT2D eigenvalue weighted by Crippen LogP contribution is -2.37. The number of nitrogens with one attached hydrogen (secondary N) is 1. The highest BCUT2D eigenvalue weighted by molar-refractivity contribution is 6.00. The van der Waals surface area contributed by atoms with Crippen LogP contribution in [0.15, 0.2) is 29.2 Å². The molecule has 1 amide bonds. The Morgan fingerprint density at radius 2 is 2.04 bits per heavy atom. The summed E-state index contributed by atoms with van der Waals surface area (Å²) in [4.78, 5) is 27.7. The van der Waals surface area contributed by atoms with Crippen LogP contribution in [0.2, 0.25) is 0 Å². The van der Waals surface area contributed by atoms with Crippen molar-refractivity contribution in [3.8, 4) is 0 Å². The van der Waals surface area contributed by atoms with Crippen molar-refractivity contribution in [2.45, 2.75) is 25.3 Å². The first-order valence-corrected chi connectivity index (χ1v) is 8.60. The summed E-state index contributed by atoms with van der Waals surface area (Å²) in [5.41, 5.74) is 7.34. The van der Waals surface area contributed by atoms with Crippen LogP contribution in [0.1, 0.15) is 35.7 Å². The fourth-order valence-corrected chi connectivity index (χ4v) is 3.45. The highest BCUT2D eigenvalue weighted by Gasteiger charge is 2.28. The van der Waals surface area contributed by atoms with E-state index < -0.39 is 0 Å². The predicted molar refractivity (Wildman–Crippen MR) is 94.3 cm³/mol. The molecule has 1 aromatic heterocycles. The topological polar surface area (TPSA) is 80.4 Å². The summed E-state index contributed by atoms with van der Waals surface area (Å²) >= 11 is 0. The molecule has 0 bridgehead atoms. The SMILES string of the molecule is Nc1cccc2c1c(=O)c(C(=O)N1CCCNCC1)cn2C1CC1. The van der Waals surface area contributed by atoms with Crippen LogP contribution < -0.4 is 16.5 Å². The molecule has 24 heavy (non-hydrogen) atoms. The van der Waals surface area contributed by atoms with Crippen molar-refractivity contribution in [2.24, 2.45) is 0 Å². The minimum atomic E-state index is -0.248. The zero-order chi connectivity index (χ0) is 16.7. The molecular formula is C18H22N4O2. The van der Waals surface area contributed by atoms with Crippen LogP contribution in [0.25, 0.3) is 10.9 Å². The smallest absolute Gasteiger partial charge is 0.259 e. The summed E-state index contributed by atoms with van der Waals surface area (Å²) in [7, 11) is 0. The molecule has 4 rings (SSSR count). The largest absolute Gasteiger partial charge is 0.398 e. The summed E-state index contributed by atoms with van der Waals surface area (Å²) in [6.45, 7) is 2.97. The first kappa shape index (κ1) is 15.2. The molecule has 1 saturated heterocycles. The third kappa shape index (κ3) is 2.57. The molecule has 1 aliphatic carbocycles. The van der Waals surface area contributed by atoms with E-state index in [1.54, 1.807) is 17.2 Å². The zero-order valence-corrected chi connectivity index (χ0v) is 13.6. The van der Waals surface area contributed by atoms with Gasteiger partial charge in [-0.3, -0.25) is 9.59 Å². The number of hydrogen-bond donors (Lipinski definition) is 2. The van der Waals surface area contributed by atoms with Crippen molar-refractivity contribution in [3.05, 3.63) is 40.2 Å². The Morgan fingerprint density at radius 3 is 2.83 bits per heavy atom. The average Bonchev–Trinajstić information content (AvgIpc) is 3.41. The van der Waals surface area contributed by atoms with Crippen LogP contribution in [-0.4, -0.2) is 41.6 Å². The van der Waals surface area contributed by atoms with E-state index in [1.165, 1.54) is 0 Å². The summed E-state index contributed by atoms with van der Waals surface area (Å²) in [6, 6.07) is 5.87. The van der Waals surface area contributed by atoms with E-state index in [0.29, 0.717) is 30.2 Å². The quantitative estimate of drug-likeness (QED) is 0.817. The summed E-state index contributed by atoms with van der Waals surface area (Å²) in [5.74, 6) is -0.178. The highest BCUT2D eigenvalue weighted by Crippen LogP contribution is 2.37. The van der Waals surface area contributed by atoms with Crippen molar-refractivity contribution in [3.63, 3.8) is 0 Å². The second kappa shape index (κ2) is 5.94. The van der Waals surface area contributed by atoms with Gasteiger partial charge in [0.25, 0.3) is 5.91 Å². The Morgan fingerprint density at radius 1 is 1.21 bits per heavy atom. The summed E-state index contributed by atoms with van der Waals surface area (Å²) < 4.78 is 2.07. The number of pyridine rings is 1. The molecule has 1 aliphatic heterocycles. The maximum atomic E-state index is 13.0. The number of amides is 1. The Balaban J connectivity index is 1.86. The number of fused-ring (bicyclic) bond motifs is 1. The van der Waals surface area contributed by atoms with Crippen LogP contribution >= 0.6 is 0 Å². The maximum absolute atomic E-state index is 13.0. The van der Waals surface area contributed by atoms with E-state index >= 15 is 0 Å². The van der Waals surface area contributed by atoms with Gasteiger partial charge in [-0.05, 0) is 37.9 Å². The number of benzene rings is 1. The first-order valence-electron chi connectivity index (χ1n) is 8.60. The van der Waals surface area contributed by atoms with Gasteiger partial charge in [0.05, 0.1) is 10.9 Å². The molecule has 2 heterocycles. The van der Waals surface area contributed by atoms with Gasteiger partial charge in [0.2, 0.25) is 5.43 Å². The molecule has 2 fully saturated rings. The lowest BCUT2D eigenvalue weighted by atomic mass is 10.1. The van der Waals surface area contributed by atoms with Gasteiger partial charge in [0, 0.05) is 37.6 Å². The van der Waals surface area contributed by atoms with Crippen LogP contribution in [0.5, 0.6) is 0 Å². The molecule has 3 N–H and O–H groups in total. The van der Waals surface area contributed by atoms with E-state index in [4.69, 9.17) is 5.73 Å². The summed E-state index contributed by atoms with van der Waals surface area (Å²) in [5, 5.41) is 3.75. The lowest BCUT2D eigenvalue weighted by molar-refractivity contribution is 0.0764. The maximum Gasteiger partial charge on any atom is 0.259 e. The first-order chi connectivity index (χ1) is 11.7. The number of nitrogen functional groups attached to an aromatic ring is 1. The second-order valence-electron chi connectivity index (χ2n) is 6.65. The second-order valence-corrected chi connectivity index (χ2v) is 6.65. The molecule has 6 heteroatoms. The van der Waals surface area contributed by atoms with Gasteiger partial charge in [-0.25, -0.2) is 0 Å². The van der Waals surface area contributed by atoms with Gasteiger partial charge in [0.1, 0.15) is 5.56 Å². The summed E-state index contributed by atoms with van der Waals surface area (Å²) in [6.07, 6.45) is 4.81. The van der Waals surface area contributed by atoms with Crippen molar-refractivity contribution >= 4 is 22.5 Å². The van der Waals surface area contributed by atoms with Gasteiger partial charge in [-0.1, -0.05) is 6.07 Å². The molecule has 0 atom stereocenters. The predicted octanol–water partition coefficient (Wildman–Crippen LogP) is 1.35. The number of carbonyl (C=O) groups is 1. The van der Waals surface area contributed by atoms with Crippen molar-refractivity contribution in [1.29, 1.82) is 0 Å². The molecule has 0 spiro atoms. The monoisotopic (exact) mass is 326 g/mol. The van der Waals surface area contributed by atoms with Crippen LogP contribution in [-0.2, 0) is 0 Å². The molecule has 1 saturated carbocycles. The standard InChI is InChI=1S/C18H22N4O2/c19-14-3-1-4-15-16(14)17(23)13(11-22(15)12-5-6-12)18(24)21-9-2-7-20-8-10-21/h1,3-4,11-12,20H,2,5-10,19H2. The molecule has 2 aromatic rings. The highest BCUT2D eigenvalue weighted by atomic mass is 16.2. The number of aromatic nitrogens is 1. The fraction of sp³-hybridized carbons (Fsp3) is 0.444. The molecular weight excluding hydrogens is 304 g/mol. The molecule has 1 aromatic carbocycles. The normalized spacial score (nSPS) is 18.6. The minimum absolute atomic E-state index is 0.178. The van der Waals surface area contributed by atoms with Crippen molar-refractivity contribution < 1.29 is 4.79 Å². The van der Waals surface area contributed by atoms with Crippen LogP contribution in [0.4, 0.5) is 5.69 Å². The third-order valence-corrected chi connectivity index (χ3v) is 4.89. The van der Waals surface area contributed by atoms with E-state index in [-0.39, 0.29) is 16.9 Å². The van der Waals surface area contributed by atoms with E-state index in [0.717, 1.165) is 37.9 Å². The Bertz CT molecular complexity index is 846. The number of rotatable bonds is 2. The lowest BCUT2D eigenvalue weighted by Gasteiger charge is -2.21. The molecule has 0 unspecified atom stereocenters. The van der Waals surface area contributed by atoms with Gasteiger partial charge < -0.3 is 20.5 Å². The van der Waals surface area contributed by atoms with Gasteiger partial charge in [0.15, 0.2) is 0 Å². The Labute approximate surface area is 140 Å². The van der Waals surface area contributed by atoms with Gasteiger partial charge >= 0.3 is 0 Å². The fourth-order valence-electron chi connectivity index (χ4n) is 3.45. The Kier molecular flexibility index (Phi) is 3.76. The molecule has 6 nitrogen and oxygen atoms in total. The molecule has 2 aliphatic rings. The van der Waals surface area contributed by atoms with Crippen LogP contribution in [0.3, 0.4) is 0 Å². The zero-order valence-electron chi connectivity index (χ0n) is 13.6. The number of nitrogens with zero attached hydrogens (tertiary/aromatic N) is 2. The molecule has 126 valence electrons. The number of hydrogen-bond acceptors (Lipinski definition) is 4. The average molecular weight is 326 g/mol. The van der Waals surface area contributed by atoms with E-state index in [1.807, 2.05) is 12.1 Å². The number of nitrogens with two attached hydrogens (primary N) is 1. The van der Waals surface area contributed by atoms with E-state index in [2.05, 4.69) is 9.88 Å². The number of carbonyl (C=O) groups excluding carboxylic acids is 1. The third-order valence-electron chi connectivity index (χ3n) is 4.89. The molecule has 0 radical (unpaired) electrons. The van der Waals surface area contributed by atoms with Crippen molar-refractivity contribution in [2.75, 3.05) is 31.9 Å². The minimum Gasteiger partial charge on any atom is -0.398 e. The van der Waals surface area contributed by atoms with Crippen molar-refractivity contribution in [1.82, 2.24) is 14.8 Å². The van der Waals surface area contributed by atoms with Gasteiger partial charge in [-0.2, -0.15) is 0 Å². The van der Waals surface area contributed by atoms with E-state index in [9.17, 15) is 9.59 Å².